The molecular formula is C22H24ClN3O5. The Kier molecular flexibility index (Phi) is 7.49. The number of anilines is 2. The van der Waals surface area contributed by atoms with Gasteiger partial charge >= 0.3 is 0 Å². The average Bonchev–Trinajstić information content (AvgIpc) is 3.12. The molecule has 164 valence electrons. The molecule has 0 aromatic heterocycles. The molecule has 1 aliphatic heterocycles. The Morgan fingerprint density at radius 2 is 2.00 bits per heavy atom. The lowest BCUT2D eigenvalue weighted by molar-refractivity contribution is -0.126. The normalized spacial score (nSPS) is 16.7. The molecule has 1 heterocycles. The van der Waals surface area contributed by atoms with Crippen molar-refractivity contribution in [1.29, 1.82) is 0 Å². The van der Waals surface area contributed by atoms with Gasteiger partial charge in [0.1, 0.15) is 5.75 Å². The summed E-state index contributed by atoms with van der Waals surface area (Å²) in [5.41, 5.74) is 1.22. The van der Waals surface area contributed by atoms with Crippen molar-refractivity contribution in [2.24, 2.45) is 5.92 Å². The van der Waals surface area contributed by atoms with Gasteiger partial charge in [-0.15, -0.1) is 0 Å². The number of aliphatic hydroxyl groups excluding tert-OH is 1. The van der Waals surface area contributed by atoms with Gasteiger partial charge in [-0.25, -0.2) is 0 Å². The van der Waals surface area contributed by atoms with Gasteiger partial charge in [-0.1, -0.05) is 17.7 Å². The fourth-order valence-corrected chi connectivity index (χ4v) is 3.35. The molecule has 0 unspecified atom stereocenters. The third-order valence-electron chi connectivity index (χ3n) is 4.69. The van der Waals surface area contributed by atoms with Crippen molar-refractivity contribution in [2.45, 2.75) is 19.4 Å². The van der Waals surface area contributed by atoms with Gasteiger partial charge in [-0.3, -0.25) is 14.4 Å². The number of aliphatic hydroxyl groups is 1. The Labute approximate surface area is 185 Å². The highest BCUT2D eigenvalue weighted by Crippen LogP contribution is 2.27. The molecular weight excluding hydrogens is 422 g/mol. The van der Waals surface area contributed by atoms with Gasteiger partial charge in [0.15, 0.2) is 6.61 Å². The lowest BCUT2D eigenvalue weighted by Crippen LogP contribution is -2.36. The molecule has 8 nitrogen and oxygen atoms in total. The molecule has 31 heavy (non-hydrogen) atoms. The number of hydrogen-bond acceptors (Lipinski definition) is 5. The van der Waals surface area contributed by atoms with Gasteiger partial charge in [-0.2, -0.15) is 0 Å². The highest BCUT2D eigenvalue weighted by Gasteiger charge is 2.35. The first-order valence-electron chi connectivity index (χ1n) is 9.86. The van der Waals surface area contributed by atoms with Gasteiger partial charge in [0.2, 0.25) is 11.8 Å². The Bertz CT molecular complexity index is 948. The molecule has 3 rings (SSSR count). The van der Waals surface area contributed by atoms with Crippen LogP contribution in [0.1, 0.15) is 13.3 Å². The third kappa shape index (κ3) is 6.44. The summed E-state index contributed by atoms with van der Waals surface area (Å²) in [5.74, 6) is -0.707. The summed E-state index contributed by atoms with van der Waals surface area (Å²) in [4.78, 5) is 38.1. The van der Waals surface area contributed by atoms with Crippen LogP contribution >= 0.6 is 11.6 Å². The van der Waals surface area contributed by atoms with E-state index in [-0.39, 0.29) is 43.8 Å². The van der Waals surface area contributed by atoms with Crippen LogP contribution in [0.15, 0.2) is 48.5 Å². The zero-order valence-corrected chi connectivity index (χ0v) is 17.8. The van der Waals surface area contributed by atoms with Crippen LogP contribution in [-0.2, 0) is 14.4 Å². The number of halogens is 1. The second kappa shape index (κ2) is 10.3. The summed E-state index contributed by atoms with van der Waals surface area (Å²) < 4.78 is 5.49. The van der Waals surface area contributed by atoms with Crippen LogP contribution < -0.4 is 20.3 Å². The molecule has 0 saturated carbocycles. The Hall–Kier alpha value is -3.10. The summed E-state index contributed by atoms with van der Waals surface area (Å²) in [6.07, 6.45) is -0.523. The van der Waals surface area contributed by atoms with E-state index in [4.69, 9.17) is 16.3 Å². The van der Waals surface area contributed by atoms with Crippen molar-refractivity contribution in [3.8, 4) is 5.75 Å². The van der Waals surface area contributed by atoms with E-state index < -0.39 is 12.0 Å². The Balaban J connectivity index is 1.51. The summed E-state index contributed by atoms with van der Waals surface area (Å²) in [6, 6.07) is 13.6. The zero-order valence-electron chi connectivity index (χ0n) is 17.0. The van der Waals surface area contributed by atoms with Gasteiger partial charge in [0.25, 0.3) is 5.91 Å². The fourth-order valence-electron chi connectivity index (χ4n) is 3.16. The van der Waals surface area contributed by atoms with E-state index in [0.29, 0.717) is 22.1 Å². The van der Waals surface area contributed by atoms with E-state index >= 15 is 0 Å². The van der Waals surface area contributed by atoms with Crippen LogP contribution in [0.2, 0.25) is 5.02 Å². The van der Waals surface area contributed by atoms with E-state index in [1.807, 2.05) is 0 Å². The van der Waals surface area contributed by atoms with E-state index in [2.05, 4.69) is 10.6 Å². The third-order valence-corrected chi connectivity index (χ3v) is 4.93. The fraction of sp³-hybridized carbons (Fsp3) is 0.318. The molecule has 1 saturated heterocycles. The van der Waals surface area contributed by atoms with Crippen molar-refractivity contribution >= 4 is 40.7 Å². The minimum Gasteiger partial charge on any atom is -0.484 e. The van der Waals surface area contributed by atoms with Crippen LogP contribution in [0, 0.1) is 5.92 Å². The minimum atomic E-state index is -0.641. The number of nitrogens with zero attached hydrogens (tertiary/aromatic N) is 1. The smallest absolute Gasteiger partial charge is 0.262 e. The predicted molar refractivity (Wildman–Crippen MR) is 117 cm³/mol. The second-order valence-corrected chi connectivity index (χ2v) is 7.78. The SMILES string of the molecule is C[C@@H](O)CNC(=O)[C@@H]1CC(=O)N(c2ccc(OCC(=O)Nc3cccc(Cl)c3)cc2)C1. The van der Waals surface area contributed by atoms with E-state index in [1.165, 1.54) is 0 Å². The summed E-state index contributed by atoms with van der Waals surface area (Å²) in [6.45, 7) is 1.82. The number of carbonyl (C=O) groups is 3. The van der Waals surface area contributed by atoms with Crippen molar-refractivity contribution in [2.75, 3.05) is 29.9 Å². The molecule has 0 spiro atoms. The van der Waals surface area contributed by atoms with Gasteiger partial charge in [-0.05, 0) is 49.4 Å². The Morgan fingerprint density at radius 3 is 2.68 bits per heavy atom. The predicted octanol–water partition coefficient (Wildman–Crippen LogP) is 2.21. The van der Waals surface area contributed by atoms with Crippen molar-refractivity contribution in [1.82, 2.24) is 5.32 Å². The van der Waals surface area contributed by atoms with Crippen LogP contribution in [0.25, 0.3) is 0 Å². The molecule has 3 N–H and O–H groups in total. The van der Waals surface area contributed by atoms with E-state index in [0.717, 1.165) is 0 Å². The largest absolute Gasteiger partial charge is 0.484 e. The number of carbonyl (C=O) groups excluding carboxylic acids is 3. The van der Waals surface area contributed by atoms with Crippen molar-refractivity contribution in [3.63, 3.8) is 0 Å². The maximum atomic E-state index is 12.3. The first-order valence-corrected chi connectivity index (χ1v) is 10.2. The highest BCUT2D eigenvalue weighted by atomic mass is 35.5. The number of benzene rings is 2. The molecule has 3 amide bonds. The maximum absolute atomic E-state index is 12.3. The molecule has 0 radical (unpaired) electrons. The van der Waals surface area contributed by atoms with Crippen LogP contribution in [-0.4, -0.2) is 48.6 Å². The van der Waals surface area contributed by atoms with E-state index in [1.54, 1.807) is 60.4 Å². The summed E-state index contributed by atoms with van der Waals surface area (Å²) >= 11 is 5.89. The topological polar surface area (TPSA) is 108 Å². The number of amides is 3. The van der Waals surface area contributed by atoms with Gasteiger partial charge in [0, 0.05) is 35.9 Å². The second-order valence-electron chi connectivity index (χ2n) is 7.34. The molecule has 2 aromatic carbocycles. The van der Waals surface area contributed by atoms with Gasteiger partial charge in [0.05, 0.1) is 12.0 Å². The van der Waals surface area contributed by atoms with Crippen molar-refractivity contribution < 1.29 is 24.2 Å². The number of hydrogen-bond donors (Lipinski definition) is 3. The summed E-state index contributed by atoms with van der Waals surface area (Å²) in [7, 11) is 0. The van der Waals surface area contributed by atoms with Gasteiger partial charge < -0.3 is 25.4 Å². The first kappa shape index (κ1) is 22.6. The molecule has 0 bridgehead atoms. The van der Waals surface area contributed by atoms with Crippen LogP contribution in [0.3, 0.4) is 0 Å². The molecule has 9 heteroatoms. The van der Waals surface area contributed by atoms with Crippen molar-refractivity contribution in [3.05, 3.63) is 53.6 Å². The Morgan fingerprint density at radius 1 is 1.26 bits per heavy atom. The molecule has 2 aromatic rings. The standard InChI is InChI=1S/C22H24ClN3O5/c1-14(27)11-24-22(30)15-9-21(29)26(12-15)18-5-7-19(8-6-18)31-13-20(28)25-17-4-2-3-16(23)10-17/h2-8,10,14-15,27H,9,11-13H2,1H3,(H,24,30)(H,25,28)/t14-,15-/m1/s1. The average molecular weight is 446 g/mol. The zero-order chi connectivity index (χ0) is 22.4. The van der Waals surface area contributed by atoms with E-state index in [9.17, 15) is 19.5 Å². The molecule has 1 aliphatic rings. The first-order chi connectivity index (χ1) is 14.8. The quantitative estimate of drug-likeness (QED) is 0.577. The maximum Gasteiger partial charge on any atom is 0.262 e. The summed E-state index contributed by atoms with van der Waals surface area (Å²) in [5, 5.41) is 15.1. The number of ether oxygens (including phenoxy) is 1. The van der Waals surface area contributed by atoms with Crippen LogP contribution in [0.5, 0.6) is 5.75 Å². The monoisotopic (exact) mass is 445 g/mol. The lowest BCUT2D eigenvalue weighted by Gasteiger charge is -2.17. The number of rotatable bonds is 8. The highest BCUT2D eigenvalue weighted by molar-refractivity contribution is 6.30. The number of nitrogens with one attached hydrogen (secondary N) is 2. The molecule has 0 aliphatic carbocycles. The lowest BCUT2D eigenvalue weighted by atomic mass is 10.1. The van der Waals surface area contributed by atoms with Crippen LogP contribution in [0.4, 0.5) is 11.4 Å². The minimum absolute atomic E-state index is 0.119. The molecule has 1 fully saturated rings. The molecule has 2 atom stereocenters.